The van der Waals surface area contributed by atoms with E-state index in [0.29, 0.717) is 11.4 Å². The molecule has 0 radical (unpaired) electrons. The van der Waals surface area contributed by atoms with E-state index < -0.39 is 11.9 Å². The van der Waals surface area contributed by atoms with E-state index in [0.717, 1.165) is 0 Å². The number of hydrogen-bond donors (Lipinski definition) is 1. The number of hydrogen-bond acceptors (Lipinski definition) is 4. The summed E-state index contributed by atoms with van der Waals surface area (Å²) in [6.07, 6.45) is -0.116. The van der Waals surface area contributed by atoms with E-state index >= 15 is 0 Å². The Kier molecular flexibility index (Phi) is 4.64. The SMILES string of the molecule is CN(C)CC(CC(=O)O)C(=O)c1cccs1. The minimum atomic E-state index is -0.934. The van der Waals surface area contributed by atoms with Crippen LogP contribution in [0.4, 0.5) is 0 Å². The van der Waals surface area contributed by atoms with Gasteiger partial charge in [0.2, 0.25) is 0 Å². The van der Waals surface area contributed by atoms with Crippen molar-refractivity contribution in [3.05, 3.63) is 22.4 Å². The minimum absolute atomic E-state index is 0.0777. The van der Waals surface area contributed by atoms with E-state index in [4.69, 9.17) is 5.11 Å². The van der Waals surface area contributed by atoms with Crippen LogP contribution in [0.2, 0.25) is 0 Å². The van der Waals surface area contributed by atoms with Crippen molar-refractivity contribution in [1.82, 2.24) is 4.90 Å². The Bertz CT molecular complexity index is 359. The lowest BCUT2D eigenvalue weighted by Gasteiger charge is -2.17. The standard InChI is InChI=1S/C11H15NO3S/c1-12(2)7-8(6-10(13)14)11(15)9-4-3-5-16-9/h3-5,8H,6-7H2,1-2H3,(H,13,14). The van der Waals surface area contributed by atoms with Gasteiger partial charge in [0.25, 0.3) is 0 Å². The lowest BCUT2D eigenvalue weighted by atomic mass is 9.98. The molecule has 0 amide bonds. The molecule has 4 nitrogen and oxygen atoms in total. The highest BCUT2D eigenvalue weighted by Gasteiger charge is 2.24. The maximum atomic E-state index is 12.0. The Balaban J connectivity index is 2.75. The summed E-state index contributed by atoms with van der Waals surface area (Å²) < 4.78 is 0. The highest BCUT2D eigenvalue weighted by Crippen LogP contribution is 2.17. The number of aliphatic carboxylic acids is 1. The summed E-state index contributed by atoms with van der Waals surface area (Å²) in [4.78, 5) is 25.2. The van der Waals surface area contributed by atoms with Crippen LogP contribution in [0.5, 0.6) is 0 Å². The first-order valence-corrected chi connectivity index (χ1v) is 5.83. The van der Waals surface area contributed by atoms with Gasteiger partial charge >= 0.3 is 5.97 Å². The fraction of sp³-hybridized carbons (Fsp3) is 0.455. The number of ketones is 1. The lowest BCUT2D eigenvalue weighted by Crippen LogP contribution is -2.29. The molecule has 1 aromatic rings. The van der Waals surface area contributed by atoms with Gasteiger partial charge in [-0.3, -0.25) is 9.59 Å². The number of carbonyl (C=O) groups is 2. The summed E-state index contributed by atoms with van der Waals surface area (Å²) in [6, 6.07) is 3.53. The first-order chi connectivity index (χ1) is 7.50. The van der Waals surface area contributed by atoms with Crippen LogP contribution in [0.15, 0.2) is 17.5 Å². The number of rotatable bonds is 6. The van der Waals surface area contributed by atoms with Gasteiger partial charge in [0.05, 0.1) is 11.3 Å². The second-order valence-corrected chi connectivity index (χ2v) is 4.85. The molecule has 0 saturated carbocycles. The second kappa shape index (κ2) is 5.77. The summed E-state index contributed by atoms with van der Waals surface area (Å²) in [5.74, 6) is -1.48. The van der Waals surface area contributed by atoms with Crippen molar-refractivity contribution in [2.24, 2.45) is 5.92 Å². The van der Waals surface area contributed by atoms with Crippen LogP contribution < -0.4 is 0 Å². The summed E-state index contributed by atoms with van der Waals surface area (Å²) in [5.41, 5.74) is 0. The lowest BCUT2D eigenvalue weighted by molar-refractivity contribution is -0.137. The molecular formula is C11H15NO3S. The highest BCUT2D eigenvalue weighted by molar-refractivity contribution is 7.12. The van der Waals surface area contributed by atoms with Crippen LogP contribution in [0.3, 0.4) is 0 Å². The zero-order valence-corrected chi connectivity index (χ0v) is 10.2. The van der Waals surface area contributed by atoms with Crippen molar-refractivity contribution in [2.45, 2.75) is 6.42 Å². The van der Waals surface area contributed by atoms with Gasteiger partial charge in [-0.05, 0) is 25.5 Å². The van der Waals surface area contributed by atoms with Crippen LogP contribution in [0.1, 0.15) is 16.1 Å². The number of thiophene rings is 1. The quantitative estimate of drug-likeness (QED) is 0.768. The number of carbonyl (C=O) groups excluding carboxylic acids is 1. The molecule has 1 rings (SSSR count). The largest absolute Gasteiger partial charge is 0.481 e. The molecule has 1 unspecified atom stereocenters. The molecule has 16 heavy (non-hydrogen) atoms. The van der Waals surface area contributed by atoms with Crippen molar-refractivity contribution in [3.63, 3.8) is 0 Å². The molecule has 1 heterocycles. The fourth-order valence-corrected chi connectivity index (χ4v) is 2.26. The molecule has 88 valence electrons. The third-order valence-corrected chi connectivity index (χ3v) is 3.03. The summed E-state index contributed by atoms with van der Waals surface area (Å²) >= 11 is 1.35. The van der Waals surface area contributed by atoms with Gasteiger partial charge in [-0.15, -0.1) is 11.3 Å². The van der Waals surface area contributed by atoms with Crippen molar-refractivity contribution in [2.75, 3.05) is 20.6 Å². The molecule has 0 aliphatic rings. The predicted molar refractivity (Wildman–Crippen MR) is 62.9 cm³/mol. The summed E-state index contributed by atoms with van der Waals surface area (Å²) in [7, 11) is 3.66. The van der Waals surface area contributed by atoms with Gasteiger partial charge in [-0.2, -0.15) is 0 Å². The van der Waals surface area contributed by atoms with Crippen molar-refractivity contribution < 1.29 is 14.7 Å². The Morgan fingerprint density at radius 2 is 2.19 bits per heavy atom. The van der Waals surface area contributed by atoms with Gasteiger partial charge < -0.3 is 10.0 Å². The van der Waals surface area contributed by atoms with E-state index in [1.54, 1.807) is 12.1 Å². The average Bonchev–Trinajstić information content (AvgIpc) is 2.66. The topological polar surface area (TPSA) is 57.6 Å². The zero-order chi connectivity index (χ0) is 12.1. The smallest absolute Gasteiger partial charge is 0.304 e. The van der Waals surface area contributed by atoms with Crippen molar-refractivity contribution >= 4 is 23.1 Å². The normalized spacial score (nSPS) is 12.7. The molecule has 0 saturated heterocycles. The first-order valence-electron chi connectivity index (χ1n) is 4.95. The van der Waals surface area contributed by atoms with Crippen LogP contribution in [-0.4, -0.2) is 42.4 Å². The Labute approximate surface area is 98.5 Å². The molecule has 1 N–H and O–H groups in total. The van der Waals surface area contributed by atoms with Crippen LogP contribution in [0.25, 0.3) is 0 Å². The fourth-order valence-electron chi connectivity index (χ4n) is 1.51. The van der Waals surface area contributed by atoms with Crippen LogP contribution in [-0.2, 0) is 4.79 Å². The highest BCUT2D eigenvalue weighted by atomic mass is 32.1. The average molecular weight is 241 g/mol. The minimum Gasteiger partial charge on any atom is -0.481 e. The van der Waals surface area contributed by atoms with E-state index in [-0.39, 0.29) is 12.2 Å². The number of carboxylic acids is 1. The van der Waals surface area contributed by atoms with E-state index in [1.807, 2.05) is 24.4 Å². The molecular weight excluding hydrogens is 226 g/mol. The Morgan fingerprint density at radius 3 is 2.62 bits per heavy atom. The van der Waals surface area contributed by atoms with Crippen molar-refractivity contribution in [1.29, 1.82) is 0 Å². The molecule has 1 atom stereocenters. The number of Topliss-reactive ketones (excluding diaryl/α,β-unsaturated/α-hetero) is 1. The van der Waals surface area contributed by atoms with Gasteiger partial charge in [-0.1, -0.05) is 6.07 Å². The maximum absolute atomic E-state index is 12.0. The molecule has 5 heteroatoms. The number of nitrogens with zero attached hydrogens (tertiary/aromatic N) is 1. The molecule has 0 bridgehead atoms. The number of carboxylic acid groups (broad SMARTS) is 1. The van der Waals surface area contributed by atoms with E-state index in [2.05, 4.69) is 0 Å². The Morgan fingerprint density at radius 1 is 1.50 bits per heavy atom. The second-order valence-electron chi connectivity index (χ2n) is 3.90. The summed E-state index contributed by atoms with van der Waals surface area (Å²) in [6.45, 7) is 0.461. The first kappa shape index (κ1) is 12.9. The maximum Gasteiger partial charge on any atom is 0.304 e. The molecule has 0 aliphatic carbocycles. The molecule has 0 aromatic carbocycles. The molecule has 0 aliphatic heterocycles. The zero-order valence-electron chi connectivity index (χ0n) is 9.34. The van der Waals surface area contributed by atoms with Gasteiger partial charge in [0, 0.05) is 12.5 Å². The van der Waals surface area contributed by atoms with Gasteiger partial charge in [0.15, 0.2) is 5.78 Å². The third kappa shape index (κ3) is 3.75. The molecule has 0 fully saturated rings. The van der Waals surface area contributed by atoms with E-state index in [1.165, 1.54) is 11.3 Å². The third-order valence-electron chi connectivity index (χ3n) is 2.14. The van der Waals surface area contributed by atoms with Gasteiger partial charge in [0.1, 0.15) is 0 Å². The predicted octanol–water partition coefficient (Wildman–Crippen LogP) is 1.58. The summed E-state index contributed by atoms with van der Waals surface area (Å²) in [5, 5.41) is 10.6. The molecule has 1 aromatic heterocycles. The monoisotopic (exact) mass is 241 g/mol. The van der Waals surface area contributed by atoms with Crippen LogP contribution in [0, 0.1) is 5.92 Å². The van der Waals surface area contributed by atoms with E-state index in [9.17, 15) is 9.59 Å². The van der Waals surface area contributed by atoms with Crippen molar-refractivity contribution in [3.8, 4) is 0 Å². The molecule has 0 spiro atoms. The Hall–Kier alpha value is -1.20. The van der Waals surface area contributed by atoms with Crippen LogP contribution >= 0.6 is 11.3 Å². The van der Waals surface area contributed by atoms with Gasteiger partial charge in [-0.25, -0.2) is 0 Å².